The second-order valence-corrected chi connectivity index (χ2v) is 5.52. The molecule has 0 saturated carbocycles. The number of hydrogen-bond donors (Lipinski definition) is 1. The molecule has 0 fully saturated rings. The Morgan fingerprint density at radius 2 is 1.83 bits per heavy atom. The minimum absolute atomic E-state index is 0.323. The van der Waals surface area contributed by atoms with E-state index in [1.165, 1.54) is 25.7 Å². The van der Waals surface area contributed by atoms with Crippen molar-refractivity contribution in [1.29, 1.82) is 5.26 Å². The van der Waals surface area contributed by atoms with Crippen molar-refractivity contribution < 1.29 is 4.74 Å². The lowest BCUT2D eigenvalue weighted by molar-refractivity contribution is 0.113. The summed E-state index contributed by atoms with van der Waals surface area (Å²) in [5.74, 6) is 0. The van der Waals surface area contributed by atoms with Gasteiger partial charge in [-0.1, -0.05) is 32.6 Å². The Hall–Kier alpha value is -0.590. The fraction of sp³-hybridized carbons (Fsp3) is 0.933. The number of nitrogens with one attached hydrogen (secondary N) is 1. The summed E-state index contributed by atoms with van der Waals surface area (Å²) in [6.07, 6.45) is 7.06. The summed E-state index contributed by atoms with van der Waals surface area (Å²) in [6, 6.07) is 2.66. The van der Waals surface area contributed by atoms with Crippen LogP contribution in [0.15, 0.2) is 0 Å². The quantitative estimate of drug-likeness (QED) is 0.572. The largest absolute Gasteiger partial charge is 0.381 e. The molecule has 0 aliphatic rings. The van der Waals surface area contributed by atoms with E-state index in [1.54, 1.807) is 0 Å². The molecule has 0 aromatic heterocycles. The van der Waals surface area contributed by atoms with Gasteiger partial charge in [0.1, 0.15) is 5.54 Å². The van der Waals surface area contributed by atoms with Crippen molar-refractivity contribution in [2.45, 2.75) is 77.8 Å². The van der Waals surface area contributed by atoms with Crippen LogP contribution in [0.25, 0.3) is 0 Å². The monoisotopic (exact) mass is 254 g/mol. The van der Waals surface area contributed by atoms with Crippen LogP contribution in [0.5, 0.6) is 0 Å². The highest BCUT2D eigenvalue weighted by Gasteiger charge is 2.23. The van der Waals surface area contributed by atoms with Gasteiger partial charge in [-0.3, -0.25) is 5.32 Å². The van der Waals surface area contributed by atoms with Crippen LogP contribution in [0.1, 0.15) is 66.2 Å². The Morgan fingerprint density at radius 1 is 1.17 bits per heavy atom. The highest BCUT2D eigenvalue weighted by Crippen LogP contribution is 2.10. The molecule has 0 amide bonds. The van der Waals surface area contributed by atoms with Gasteiger partial charge < -0.3 is 4.74 Å². The summed E-state index contributed by atoms with van der Waals surface area (Å²) >= 11 is 0. The van der Waals surface area contributed by atoms with Gasteiger partial charge in [0.25, 0.3) is 0 Å². The van der Waals surface area contributed by atoms with Gasteiger partial charge in [0.05, 0.1) is 6.07 Å². The topological polar surface area (TPSA) is 45.0 Å². The lowest BCUT2D eigenvalue weighted by Gasteiger charge is -2.25. The fourth-order valence-electron chi connectivity index (χ4n) is 1.98. The molecular weight excluding hydrogens is 224 g/mol. The van der Waals surface area contributed by atoms with Gasteiger partial charge in [-0.05, 0) is 27.2 Å². The van der Waals surface area contributed by atoms with Gasteiger partial charge >= 0.3 is 0 Å². The van der Waals surface area contributed by atoms with Crippen LogP contribution in [0, 0.1) is 11.3 Å². The van der Waals surface area contributed by atoms with Crippen LogP contribution in [0.4, 0.5) is 0 Å². The molecule has 3 nitrogen and oxygen atoms in total. The van der Waals surface area contributed by atoms with E-state index in [2.05, 4.69) is 32.2 Å². The van der Waals surface area contributed by atoms with Crippen LogP contribution >= 0.6 is 0 Å². The van der Waals surface area contributed by atoms with Crippen LogP contribution in [0.3, 0.4) is 0 Å². The lowest BCUT2D eigenvalue weighted by atomic mass is 9.99. The molecule has 3 heteroatoms. The van der Waals surface area contributed by atoms with Crippen molar-refractivity contribution in [3.05, 3.63) is 0 Å². The Morgan fingerprint density at radius 3 is 2.39 bits per heavy atom. The zero-order chi connectivity index (χ0) is 13.9. The molecule has 0 aliphatic carbocycles. The molecule has 1 atom stereocenters. The van der Waals surface area contributed by atoms with E-state index in [-0.39, 0.29) is 0 Å². The molecule has 0 radical (unpaired) electrons. The van der Waals surface area contributed by atoms with E-state index in [1.807, 2.05) is 6.92 Å². The van der Waals surface area contributed by atoms with Gasteiger partial charge in [-0.15, -0.1) is 0 Å². The number of rotatable bonds is 11. The van der Waals surface area contributed by atoms with Gasteiger partial charge in [0, 0.05) is 25.7 Å². The number of nitrogens with zero attached hydrogens (tertiary/aromatic N) is 1. The first kappa shape index (κ1) is 17.4. The van der Waals surface area contributed by atoms with Gasteiger partial charge in [-0.25, -0.2) is 0 Å². The molecule has 1 unspecified atom stereocenters. The number of hydrogen-bond acceptors (Lipinski definition) is 3. The van der Waals surface area contributed by atoms with Crippen LogP contribution in [0.2, 0.25) is 0 Å². The predicted octanol–water partition coefficient (Wildman–Crippen LogP) is 3.64. The van der Waals surface area contributed by atoms with Crippen molar-refractivity contribution in [3.8, 4) is 6.07 Å². The number of ether oxygens (including phenoxy) is 1. The molecule has 0 bridgehead atoms. The van der Waals surface area contributed by atoms with Crippen LogP contribution in [-0.4, -0.2) is 24.8 Å². The fourth-order valence-corrected chi connectivity index (χ4v) is 1.98. The maximum atomic E-state index is 9.17. The third-order valence-corrected chi connectivity index (χ3v) is 2.99. The molecule has 0 aromatic rings. The Kier molecular flexibility index (Phi) is 10.0. The van der Waals surface area contributed by atoms with E-state index >= 15 is 0 Å². The Labute approximate surface area is 113 Å². The van der Waals surface area contributed by atoms with Gasteiger partial charge in [-0.2, -0.15) is 5.26 Å². The molecule has 0 aromatic carbocycles. The second-order valence-electron chi connectivity index (χ2n) is 5.52. The molecule has 0 rings (SSSR count). The smallest absolute Gasteiger partial charge is 0.106 e. The van der Waals surface area contributed by atoms with Crippen molar-refractivity contribution in [3.63, 3.8) is 0 Å². The van der Waals surface area contributed by atoms with E-state index in [4.69, 9.17) is 10.00 Å². The van der Waals surface area contributed by atoms with E-state index in [9.17, 15) is 0 Å². The van der Waals surface area contributed by atoms with E-state index in [0.717, 1.165) is 19.4 Å². The minimum Gasteiger partial charge on any atom is -0.381 e. The van der Waals surface area contributed by atoms with Crippen LogP contribution in [-0.2, 0) is 4.74 Å². The highest BCUT2D eigenvalue weighted by molar-refractivity contribution is 5.04. The molecule has 1 N–H and O–H groups in total. The standard InChI is InChI=1S/C15H30N2O/c1-5-6-7-8-9-11-18-12-10-15(4,13-16)17-14(2)3/h14,17H,5-12H2,1-4H3. The number of unbranched alkanes of at least 4 members (excludes halogenated alkanes) is 4. The zero-order valence-electron chi connectivity index (χ0n) is 12.6. The molecule has 106 valence electrons. The third-order valence-electron chi connectivity index (χ3n) is 2.99. The predicted molar refractivity (Wildman–Crippen MR) is 76.5 cm³/mol. The average molecular weight is 254 g/mol. The molecule has 18 heavy (non-hydrogen) atoms. The van der Waals surface area contributed by atoms with Crippen molar-refractivity contribution >= 4 is 0 Å². The molecule has 0 spiro atoms. The maximum absolute atomic E-state index is 9.17. The lowest BCUT2D eigenvalue weighted by Crippen LogP contribution is -2.45. The van der Waals surface area contributed by atoms with Crippen LogP contribution < -0.4 is 5.32 Å². The first-order valence-electron chi connectivity index (χ1n) is 7.30. The van der Waals surface area contributed by atoms with Crippen molar-refractivity contribution in [2.75, 3.05) is 13.2 Å². The Bertz CT molecular complexity index is 235. The minimum atomic E-state index is -0.462. The molecule has 0 aliphatic heterocycles. The molecular formula is C15H30N2O. The van der Waals surface area contributed by atoms with E-state index in [0.29, 0.717) is 12.6 Å². The van der Waals surface area contributed by atoms with Gasteiger partial charge in [0.2, 0.25) is 0 Å². The first-order chi connectivity index (χ1) is 8.54. The summed E-state index contributed by atoms with van der Waals surface area (Å²) in [7, 11) is 0. The molecule has 0 heterocycles. The zero-order valence-corrected chi connectivity index (χ0v) is 12.6. The normalized spacial score (nSPS) is 14.4. The highest BCUT2D eigenvalue weighted by atomic mass is 16.5. The summed E-state index contributed by atoms with van der Waals surface area (Å²) in [5, 5.41) is 12.4. The van der Waals surface area contributed by atoms with Crippen molar-refractivity contribution in [1.82, 2.24) is 5.32 Å². The summed E-state index contributed by atoms with van der Waals surface area (Å²) in [4.78, 5) is 0. The van der Waals surface area contributed by atoms with E-state index < -0.39 is 5.54 Å². The average Bonchev–Trinajstić information content (AvgIpc) is 2.32. The SMILES string of the molecule is CCCCCCCOCCC(C)(C#N)NC(C)C. The summed E-state index contributed by atoms with van der Waals surface area (Å²) in [5.41, 5.74) is -0.462. The maximum Gasteiger partial charge on any atom is 0.106 e. The molecule has 0 saturated heterocycles. The second kappa shape index (κ2) is 10.3. The third kappa shape index (κ3) is 9.44. The van der Waals surface area contributed by atoms with Crippen molar-refractivity contribution in [2.24, 2.45) is 0 Å². The summed E-state index contributed by atoms with van der Waals surface area (Å²) < 4.78 is 5.60. The Balaban J connectivity index is 3.54. The summed E-state index contributed by atoms with van der Waals surface area (Å²) in [6.45, 7) is 9.78. The van der Waals surface area contributed by atoms with Gasteiger partial charge in [0.15, 0.2) is 0 Å². The number of nitriles is 1. The first-order valence-corrected chi connectivity index (χ1v) is 7.30.